The third kappa shape index (κ3) is 6.46. The number of esters is 1. The number of aromatic nitrogens is 2. The van der Waals surface area contributed by atoms with Gasteiger partial charge in [-0.25, -0.2) is 0 Å². The van der Waals surface area contributed by atoms with Crippen LogP contribution in [-0.4, -0.2) is 83.4 Å². The van der Waals surface area contributed by atoms with Crippen molar-refractivity contribution in [2.75, 3.05) is 46.0 Å². The second-order valence-electron chi connectivity index (χ2n) is 8.66. The van der Waals surface area contributed by atoms with Gasteiger partial charge in [0.2, 0.25) is 11.8 Å². The molecule has 1 aromatic heterocycles. The van der Waals surface area contributed by atoms with E-state index in [-0.39, 0.29) is 37.1 Å². The minimum absolute atomic E-state index is 0.0444. The van der Waals surface area contributed by atoms with Gasteiger partial charge >= 0.3 is 12.1 Å². The molecule has 9 nitrogen and oxygen atoms in total. The predicted octanol–water partition coefficient (Wildman–Crippen LogP) is 1.63. The fraction of sp³-hybridized carbons (Fsp3) is 0.714. The van der Waals surface area contributed by atoms with E-state index < -0.39 is 23.3 Å². The highest BCUT2D eigenvalue weighted by atomic mass is 19.4. The molecule has 0 atom stereocenters. The molecule has 0 radical (unpaired) electrons. The summed E-state index contributed by atoms with van der Waals surface area (Å²) in [5.74, 6) is -0.839. The van der Waals surface area contributed by atoms with Crippen molar-refractivity contribution in [2.24, 2.45) is 5.41 Å². The summed E-state index contributed by atoms with van der Waals surface area (Å²) in [6.45, 7) is 5.14. The van der Waals surface area contributed by atoms with Crippen LogP contribution in [0.25, 0.3) is 0 Å². The predicted molar refractivity (Wildman–Crippen MR) is 109 cm³/mol. The summed E-state index contributed by atoms with van der Waals surface area (Å²) in [5, 5.41) is 3.51. The Bertz CT molecular complexity index is 872. The van der Waals surface area contributed by atoms with Gasteiger partial charge in [0.05, 0.1) is 19.8 Å². The minimum atomic E-state index is -4.58. The molecule has 3 rings (SSSR count). The van der Waals surface area contributed by atoms with Crippen LogP contribution in [0.15, 0.2) is 6.07 Å². The molecule has 0 saturated carbocycles. The van der Waals surface area contributed by atoms with E-state index in [9.17, 15) is 27.6 Å². The van der Waals surface area contributed by atoms with Crippen LogP contribution in [0, 0.1) is 12.3 Å². The number of aryl methyl sites for hydroxylation is 1. The maximum atomic E-state index is 12.9. The number of nitrogens with zero attached hydrogens (tertiary/aromatic N) is 4. The van der Waals surface area contributed by atoms with Gasteiger partial charge in [-0.3, -0.25) is 19.1 Å². The molecule has 0 spiro atoms. The first-order chi connectivity index (χ1) is 15.5. The number of morpholine rings is 1. The lowest BCUT2D eigenvalue weighted by molar-refractivity contribution is -0.152. The second kappa shape index (κ2) is 10.1. The van der Waals surface area contributed by atoms with E-state index in [0.717, 1.165) is 10.7 Å². The largest absolute Gasteiger partial charge is 0.465 e. The van der Waals surface area contributed by atoms with Crippen LogP contribution in [0.1, 0.15) is 37.6 Å². The molecule has 0 bridgehead atoms. The average molecular weight is 474 g/mol. The van der Waals surface area contributed by atoms with Crippen LogP contribution < -0.4 is 0 Å². The molecule has 2 amide bonds. The summed E-state index contributed by atoms with van der Waals surface area (Å²) in [7, 11) is 0. The van der Waals surface area contributed by atoms with Gasteiger partial charge < -0.3 is 19.3 Å². The Morgan fingerprint density at radius 2 is 1.70 bits per heavy atom. The Morgan fingerprint density at radius 1 is 1.09 bits per heavy atom. The molecule has 0 aliphatic carbocycles. The highest BCUT2D eigenvalue weighted by Crippen LogP contribution is 2.36. The molecule has 1 aromatic rings. The van der Waals surface area contributed by atoms with Crippen molar-refractivity contribution in [2.45, 2.75) is 45.8 Å². The standard InChI is InChI=1S/C21H29F3N4O5/c1-15-11-17(21(22,23)24)25-28(15)13-19(31)26-5-3-20(4-6-26,14-33-16(2)29)12-18(30)27-7-9-32-10-8-27/h11H,3-10,12-14H2,1-2H3. The van der Waals surface area contributed by atoms with Crippen LogP contribution in [0.4, 0.5) is 13.2 Å². The summed E-state index contributed by atoms with van der Waals surface area (Å²) in [4.78, 5) is 40.3. The summed E-state index contributed by atoms with van der Waals surface area (Å²) in [5.41, 5.74) is -1.38. The first-order valence-corrected chi connectivity index (χ1v) is 10.9. The third-order valence-electron chi connectivity index (χ3n) is 6.21. The lowest BCUT2D eigenvalue weighted by Crippen LogP contribution is -2.49. The zero-order valence-electron chi connectivity index (χ0n) is 18.8. The van der Waals surface area contributed by atoms with Crippen LogP contribution in [0.5, 0.6) is 0 Å². The van der Waals surface area contributed by atoms with E-state index >= 15 is 0 Å². The van der Waals surface area contributed by atoms with Gasteiger partial charge in [0.25, 0.3) is 0 Å². The monoisotopic (exact) mass is 474 g/mol. The maximum Gasteiger partial charge on any atom is 0.435 e. The third-order valence-corrected chi connectivity index (χ3v) is 6.21. The Kier molecular flexibility index (Phi) is 7.65. The second-order valence-corrected chi connectivity index (χ2v) is 8.66. The summed E-state index contributed by atoms with van der Waals surface area (Å²) in [6, 6.07) is 0.908. The zero-order chi connectivity index (χ0) is 24.2. The zero-order valence-corrected chi connectivity index (χ0v) is 18.8. The Morgan fingerprint density at radius 3 is 2.24 bits per heavy atom. The number of piperidine rings is 1. The maximum absolute atomic E-state index is 12.9. The quantitative estimate of drug-likeness (QED) is 0.582. The molecule has 33 heavy (non-hydrogen) atoms. The highest BCUT2D eigenvalue weighted by molar-refractivity contribution is 5.78. The van der Waals surface area contributed by atoms with E-state index in [1.165, 1.54) is 13.8 Å². The molecule has 0 aromatic carbocycles. The van der Waals surface area contributed by atoms with E-state index in [1.807, 2.05) is 0 Å². The number of likely N-dealkylation sites (tertiary alicyclic amines) is 1. The van der Waals surface area contributed by atoms with Gasteiger partial charge in [0.1, 0.15) is 6.54 Å². The molecular weight excluding hydrogens is 445 g/mol. The van der Waals surface area contributed by atoms with Crippen molar-refractivity contribution >= 4 is 17.8 Å². The summed E-state index contributed by atoms with van der Waals surface area (Å²) in [6.07, 6.45) is -3.51. The summed E-state index contributed by atoms with van der Waals surface area (Å²) >= 11 is 0. The molecule has 0 unspecified atom stereocenters. The van der Waals surface area contributed by atoms with Gasteiger partial charge in [0, 0.05) is 50.6 Å². The molecule has 2 fully saturated rings. The molecule has 12 heteroatoms. The van der Waals surface area contributed by atoms with Crippen LogP contribution in [0.3, 0.4) is 0 Å². The van der Waals surface area contributed by atoms with Gasteiger partial charge in [-0.1, -0.05) is 0 Å². The van der Waals surface area contributed by atoms with E-state index in [0.29, 0.717) is 52.2 Å². The van der Waals surface area contributed by atoms with E-state index in [4.69, 9.17) is 9.47 Å². The van der Waals surface area contributed by atoms with Gasteiger partial charge in [-0.05, 0) is 25.8 Å². The smallest absolute Gasteiger partial charge is 0.435 e. The van der Waals surface area contributed by atoms with Crippen molar-refractivity contribution in [3.63, 3.8) is 0 Å². The molecule has 2 aliphatic heterocycles. The number of carbonyl (C=O) groups excluding carboxylic acids is 3. The topological polar surface area (TPSA) is 94.0 Å². The van der Waals surface area contributed by atoms with Crippen molar-refractivity contribution in [1.29, 1.82) is 0 Å². The first-order valence-electron chi connectivity index (χ1n) is 10.9. The average Bonchev–Trinajstić information content (AvgIpc) is 3.14. The number of ether oxygens (including phenoxy) is 2. The Balaban J connectivity index is 1.62. The lowest BCUT2D eigenvalue weighted by Gasteiger charge is -2.42. The van der Waals surface area contributed by atoms with Gasteiger partial charge in [0.15, 0.2) is 5.69 Å². The fourth-order valence-electron chi connectivity index (χ4n) is 4.14. The molecule has 2 saturated heterocycles. The molecule has 0 N–H and O–H groups in total. The molecular formula is C21H29F3N4O5. The Hall–Kier alpha value is -2.63. The highest BCUT2D eigenvalue weighted by Gasteiger charge is 2.40. The molecule has 184 valence electrons. The minimum Gasteiger partial charge on any atom is -0.465 e. The van der Waals surface area contributed by atoms with Crippen molar-refractivity contribution < 1.29 is 37.0 Å². The fourth-order valence-corrected chi connectivity index (χ4v) is 4.14. The van der Waals surface area contributed by atoms with E-state index in [1.54, 1.807) is 9.80 Å². The van der Waals surface area contributed by atoms with Crippen LogP contribution >= 0.6 is 0 Å². The number of rotatable bonds is 6. The van der Waals surface area contributed by atoms with Crippen LogP contribution in [0.2, 0.25) is 0 Å². The number of carbonyl (C=O) groups is 3. The SMILES string of the molecule is CC(=O)OCC1(CC(=O)N2CCOCC2)CCN(C(=O)Cn2nc(C(F)(F)F)cc2C)CC1. The summed E-state index contributed by atoms with van der Waals surface area (Å²) < 4.78 is 50.2. The van der Waals surface area contributed by atoms with Crippen molar-refractivity contribution in [1.82, 2.24) is 19.6 Å². The van der Waals surface area contributed by atoms with Gasteiger partial charge in [-0.2, -0.15) is 18.3 Å². The Labute approximate surface area is 189 Å². The first kappa shape index (κ1) is 25.0. The lowest BCUT2D eigenvalue weighted by atomic mass is 9.75. The van der Waals surface area contributed by atoms with Crippen molar-refractivity contribution in [3.8, 4) is 0 Å². The normalized spacial score (nSPS) is 18.8. The molecule has 2 aliphatic rings. The van der Waals surface area contributed by atoms with Gasteiger partial charge in [-0.15, -0.1) is 0 Å². The van der Waals surface area contributed by atoms with Crippen molar-refractivity contribution in [3.05, 3.63) is 17.5 Å². The molecule has 3 heterocycles. The number of hydrogen-bond donors (Lipinski definition) is 0. The van der Waals surface area contributed by atoms with Crippen LogP contribution in [-0.2, 0) is 36.6 Å². The number of alkyl halides is 3. The number of hydrogen-bond acceptors (Lipinski definition) is 6. The van der Waals surface area contributed by atoms with E-state index in [2.05, 4.69) is 5.10 Å². The number of amides is 2. The number of halogens is 3.